The number of nitrogens with zero attached hydrogens (tertiary/aromatic N) is 6. The fraction of sp³-hybridized carbons (Fsp3) is 0.323. The molecule has 1 fully saturated rings. The van der Waals surface area contributed by atoms with Crippen LogP contribution in [0.25, 0.3) is 21.7 Å². The van der Waals surface area contributed by atoms with E-state index in [9.17, 15) is 22.8 Å². The number of hydrogen-bond acceptors (Lipinski definition) is 7. The van der Waals surface area contributed by atoms with Crippen molar-refractivity contribution in [1.82, 2.24) is 25.0 Å². The van der Waals surface area contributed by atoms with Gasteiger partial charge in [0.1, 0.15) is 17.6 Å². The van der Waals surface area contributed by atoms with Gasteiger partial charge in [0.15, 0.2) is 5.54 Å². The van der Waals surface area contributed by atoms with Crippen LogP contribution >= 0.6 is 11.6 Å². The van der Waals surface area contributed by atoms with Crippen molar-refractivity contribution in [3.05, 3.63) is 82.8 Å². The van der Waals surface area contributed by atoms with Crippen LogP contribution < -0.4 is 10.6 Å². The lowest BCUT2D eigenvalue weighted by Gasteiger charge is -2.23. The Bertz CT molecular complexity index is 1940. The maximum Gasteiger partial charge on any atom is 0.413 e. The molecular weight excluding hydrogens is 596 g/mol. The van der Waals surface area contributed by atoms with E-state index in [2.05, 4.69) is 57.8 Å². The second-order valence-electron chi connectivity index (χ2n) is 12.2. The summed E-state index contributed by atoms with van der Waals surface area (Å²) in [5.74, 6) is -0.494. The van der Waals surface area contributed by atoms with Crippen molar-refractivity contribution in [1.29, 1.82) is 5.26 Å². The lowest BCUT2D eigenvalue weighted by atomic mass is 9.96. The fourth-order valence-electron chi connectivity index (χ4n) is 5.26. The van der Waals surface area contributed by atoms with Crippen LogP contribution in [0.1, 0.15) is 56.5 Å². The first-order valence-corrected chi connectivity index (χ1v) is 14.2. The number of halogens is 5. The molecule has 0 saturated heterocycles. The minimum atomic E-state index is -4.50. The zero-order valence-corrected chi connectivity index (χ0v) is 24.7. The molecule has 3 heterocycles. The van der Waals surface area contributed by atoms with Crippen LogP contribution in [0.15, 0.2) is 55.1 Å². The Balaban J connectivity index is 1.50. The lowest BCUT2D eigenvalue weighted by Crippen LogP contribution is -2.35. The van der Waals surface area contributed by atoms with Gasteiger partial charge in [-0.3, -0.25) is 9.97 Å². The highest BCUT2D eigenvalue weighted by molar-refractivity contribution is 6.35. The monoisotopic (exact) mass is 622 g/mol. The van der Waals surface area contributed by atoms with Gasteiger partial charge in [0.2, 0.25) is 0 Å². The summed E-state index contributed by atoms with van der Waals surface area (Å²) in [4.78, 5) is 8.43. The number of nitrogens with one attached hydrogen (secondary N) is 2. The average molecular weight is 623 g/mol. The van der Waals surface area contributed by atoms with Gasteiger partial charge in [-0.1, -0.05) is 43.7 Å². The van der Waals surface area contributed by atoms with Gasteiger partial charge < -0.3 is 10.6 Å². The van der Waals surface area contributed by atoms with E-state index < -0.39 is 23.6 Å². The van der Waals surface area contributed by atoms with Gasteiger partial charge >= 0.3 is 6.18 Å². The van der Waals surface area contributed by atoms with Gasteiger partial charge in [-0.05, 0) is 53.5 Å². The van der Waals surface area contributed by atoms with E-state index in [1.807, 2.05) is 0 Å². The number of aromatic nitrogens is 5. The summed E-state index contributed by atoms with van der Waals surface area (Å²) in [5, 5.41) is 26.2. The molecule has 0 radical (unpaired) electrons. The Hall–Kier alpha value is -4.50. The molecule has 2 aromatic carbocycles. The van der Waals surface area contributed by atoms with Crippen molar-refractivity contribution >= 4 is 44.7 Å². The van der Waals surface area contributed by atoms with E-state index in [-0.39, 0.29) is 34.4 Å². The summed E-state index contributed by atoms with van der Waals surface area (Å²) in [6.07, 6.45) is 0.951. The van der Waals surface area contributed by atoms with Crippen LogP contribution in [0, 0.1) is 22.6 Å². The molecule has 1 aliphatic rings. The molecule has 44 heavy (non-hydrogen) atoms. The third-order valence-corrected chi connectivity index (χ3v) is 8.05. The summed E-state index contributed by atoms with van der Waals surface area (Å²) in [6, 6.07) is 9.18. The number of pyridine rings is 2. The number of rotatable bonds is 7. The predicted octanol–water partition coefficient (Wildman–Crippen LogP) is 7.75. The maximum atomic E-state index is 14.8. The zero-order valence-electron chi connectivity index (χ0n) is 24.0. The molecule has 1 saturated carbocycles. The van der Waals surface area contributed by atoms with E-state index in [0.29, 0.717) is 45.3 Å². The molecule has 8 nitrogen and oxygen atoms in total. The van der Waals surface area contributed by atoms with Crippen molar-refractivity contribution in [2.75, 3.05) is 17.2 Å². The van der Waals surface area contributed by atoms with Crippen molar-refractivity contribution in [3.63, 3.8) is 0 Å². The quantitative estimate of drug-likeness (QED) is 0.179. The highest BCUT2D eigenvalue weighted by atomic mass is 35.5. The summed E-state index contributed by atoms with van der Waals surface area (Å²) in [6.45, 7) is 6.72. The maximum absolute atomic E-state index is 14.8. The Kier molecular flexibility index (Phi) is 7.12. The number of nitriles is 1. The first-order valence-electron chi connectivity index (χ1n) is 13.9. The van der Waals surface area contributed by atoms with Crippen molar-refractivity contribution in [2.24, 2.45) is 5.41 Å². The Morgan fingerprint density at radius 3 is 2.55 bits per heavy atom. The van der Waals surface area contributed by atoms with Gasteiger partial charge in [-0.2, -0.15) is 18.4 Å². The average Bonchev–Trinajstić information content (AvgIpc) is 3.66. The topological polar surface area (TPSA) is 104 Å². The lowest BCUT2D eigenvalue weighted by molar-refractivity contribution is -0.182. The zero-order chi connectivity index (χ0) is 31.4. The van der Waals surface area contributed by atoms with E-state index in [1.165, 1.54) is 30.9 Å². The molecule has 2 N–H and O–H groups in total. The molecule has 0 spiro atoms. The summed E-state index contributed by atoms with van der Waals surface area (Å²) in [5.41, 5.74) is 0.350. The van der Waals surface area contributed by atoms with Crippen molar-refractivity contribution in [2.45, 2.75) is 51.4 Å². The number of alkyl halides is 3. The predicted molar refractivity (Wildman–Crippen MR) is 160 cm³/mol. The minimum absolute atomic E-state index is 0.0958. The molecule has 5 aromatic rings. The first-order chi connectivity index (χ1) is 20.8. The standard InChI is InChI=1S/C31H27ClF4N8/c1-29(2,3)16-40-26-17(12-37)13-39-27-21(26)10-18(11-23(27)32)41-28(20-4-5-24(33)22-14-38-9-6-19(20)22)25-15-44(43-42-25)30(7-8-30)31(34,35)36/h4-6,9-11,13-15,28,41H,7-8,16H2,1-3H3,(H,39,40). The number of benzene rings is 2. The summed E-state index contributed by atoms with van der Waals surface area (Å²) in [7, 11) is 0. The third-order valence-electron chi connectivity index (χ3n) is 7.76. The molecular formula is C31H27ClF4N8. The van der Waals surface area contributed by atoms with Crippen LogP contribution in [0.2, 0.25) is 5.02 Å². The molecule has 1 atom stereocenters. The molecule has 226 valence electrons. The molecule has 0 bridgehead atoms. The highest BCUT2D eigenvalue weighted by Crippen LogP contribution is 2.55. The van der Waals surface area contributed by atoms with Crippen LogP contribution in [0.4, 0.5) is 28.9 Å². The van der Waals surface area contributed by atoms with Crippen LogP contribution in [0.5, 0.6) is 0 Å². The first kappa shape index (κ1) is 29.6. The Morgan fingerprint density at radius 1 is 1.09 bits per heavy atom. The second-order valence-corrected chi connectivity index (χ2v) is 12.6. The van der Waals surface area contributed by atoms with E-state index in [1.54, 1.807) is 24.3 Å². The number of hydrogen-bond donors (Lipinski definition) is 2. The molecule has 1 unspecified atom stereocenters. The summed E-state index contributed by atoms with van der Waals surface area (Å²) < 4.78 is 57.5. The van der Waals surface area contributed by atoms with Gasteiger partial charge in [-0.25, -0.2) is 9.07 Å². The summed E-state index contributed by atoms with van der Waals surface area (Å²) >= 11 is 6.71. The molecule has 13 heteroatoms. The largest absolute Gasteiger partial charge is 0.413 e. The Labute approximate surface area is 255 Å². The van der Waals surface area contributed by atoms with Gasteiger partial charge in [0, 0.05) is 41.6 Å². The van der Waals surface area contributed by atoms with Gasteiger partial charge in [0.05, 0.1) is 34.0 Å². The molecule has 0 amide bonds. The third kappa shape index (κ3) is 5.26. The van der Waals surface area contributed by atoms with Crippen molar-refractivity contribution in [3.8, 4) is 6.07 Å². The van der Waals surface area contributed by atoms with Gasteiger partial charge in [-0.15, -0.1) is 5.10 Å². The van der Waals surface area contributed by atoms with Crippen LogP contribution in [-0.4, -0.2) is 37.7 Å². The van der Waals surface area contributed by atoms with E-state index in [0.717, 1.165) is 4.68 Å². The Morgan fingerprint density at radius 2 is 1.86 bits per heavy atom. The number of fused-ring (bicyclic) bond motifs is 2. The van der Waals surface area contributed by atoms with Gasteiger partial charge in [0.25, 0.3) is 0 Å². The van der Waals surface area contributed by atoms with E-state index in [4.69, 9.17) is 11.6 Å². The molecule has 1 aliphatic carbocycles. The van der Waals surface area contributed by atoms with Crippen LogP contribution in [0.3, 0.4) is 0 Å². The number of anilines is 2. The van der Waals surface area contributed by atoms with Crippen LogP contribution in [-0.2, 0) is 5.54 Å². The van der Waals surface area contributed by atoms with Crippen molar-refractivity contribution < 1.29 is 17.6 Å². The normalized spacial score (nSPS) is 15.2. The highest BCUT2D eigenvalue weighted by Gasteiger charge is 2.66. The van der Waals surface area contributed by atoms with E-state index >= 15 is 0 Å². The smallest absolute Gasteiger partial charge is 0.383 e. The SMILES string of the molecule is CC(C)(C)CNc1c(C#N)cnc2c(Cl)cc(NC(c3cn(C4(C(F)(F)F)CC4)nn3)c3ccc(F)c4cnccc34)cc12. The minimum Gasteiger partial charge on any atom is -0.383 e. The molecule has 0 aliphatic heterocycles. The molecule has 6 rings (SSSR count). The fourth-order valence-corrected chi connectivity index (χ4v) is 5.53. The molecule has 3 aromatic heterocycles. The second kappa shape index (κ2) is 10.6.